The van der Waals surface area contributed by atoms with Crippen LogP contribution in [0.3, 0.4) is 0 Å². The van der Waals surface area contributed by atoms with Crippen LogP contribution in [0.25, 0.3) is 0 Å². The van der Waals surface area contributed by atoms with E-state index in [0.29, 0.717) is 48.1 Å². The molecular weight excluding hydrogens is 457 g/mol. The number of hydrogen-bond acceptors (Lipinski definition) is 4. The molecule has 0 atom stereocenters. The highest BCUT2D eigenvalue weighted by atomic mass is 35.5. The Morgan fingerprint density at radius 1 is 1.03 bits per heavy atom. The molecule has 0 aliphatic carbocycles. The Balaban J connectivity index is 1.39. The molecule has 1 aromatic rings. The second kappa shape index (κ2) is 11.8. The third-order valence-corrected chi connectivity index (χ3v) is 8.63. The minimum Gasteiger partial charge on any atom is -0.356 e. The van der Waals surface area contributed by atoms with Crippen molar-refractivity contribution in [3.05, 3.63) is 33.8 Å². The number of carbonyl (C=O) groups is 1. The normalized spacial score (nSPS) is 19.8. The van der Waals surface area contributed by atoms with E-state index in [-0.39, 0.29) is 17.6 Å². The van der Waals surface area contributed by atoms with Crippen LogP contribution in [0.15, 0.2) is 18.2 Å². The van der Waals surface area contributed by atoms with Gasteiger partial charge >= 0.3 is 0 Å². The fourth-order valence-corrected chi connectivity index (χ4v) is 6.49. The van der Waals surface area contributed by atoms with Crippen molar-refractivity contribution in [2.24, 2.45) is 5.92 Å². The molecule has 0 unspecified atom stereocenters. The van der Waals surface area contributed by atoms with Gasteiger partial charge in [-0.2, -0.15) is 0 Å². The van der Waals surface area contributed by atoms with Crippen LogP contribution in [-0.2, 0) is 20.6 Å². The summed E-state index contributed by atoms with van der Waals surface area (Å²) >= 11 is 12.0. The number of sulfonamides is 1. The third-order valence-electron chi connectivity index (χ3n) is 6.22. The van der Waals surface area contributed by atoms with Crippen molar-refractivity contribution in [1.82, 2.24) is 14.5 Å². The molecule has 2 aliphatic heterocycles. The number of benzene rings is 1. The van der Waals surface area contributed by atoms with Gasteiger partial charge < -0.3 is 10.2 Å². The van der Waals surface area contributed by atoms with Gasteiger partial charge in [0.15, 0.2) is 0 Å². The number of rotatable bonds is 8. The number of nitrogens with one attached hydrogen (secondary N) is 1. The SMILES string of the molecule is O=C(NCCCN1CCCCCC1)C1CCN(S(=O)(=O)Cc2ccc(Cl)cc2Cl)CC1. The van der Waals surface area contributed by atoms with Gasteiger partial charge in [0.2, 0.25) is 15.9 Å². The van der Waals surface area contributed by atoms with Crippen molar-refractivity contribution in [2.45, 2.75) is 50.7 Å². The first-order valence-corrected chi connectivity index (χ1v) is 13.6. The summed E-state index contributed by atoms with van der Waals surface area (Å²) in [6, 6.07) is 4.84. The third kappa shape index (κ3) is 7.60. The summed E-state index contributed by atoms with van der Waals surface area (Å²) in [6.07, 6.45) is 7.26. The van der Waals surface area contributed by atoms with Crippen molar-refractivity contribution in [3.63, 3.8) is 0 Å². The Morgan fingerprint density at radius 3 is 2.35 bits per heavy atom. The quantitative estimate of drug-likeness (QED) is 0.561. The summed E-state index contributed by atoms with van der Waals surface area (Å²) in [5, 5.41) is 3.88. The van der Waals surface area contributed by atoms with Crippen LogP contribution in [0.2, 0.25) is 10.0 Å². The molecular formula is C22H33Cl2N3O3S. The lowest BCUT2D eigenvalue weighted by molar-refractivity contribution is -0.126. The first kappa shape index (κ1) is 24.8. The monoisotopic (exact) mass is 489 g/mol. The molecule has 9 heteroatoms. The topological polar surface area (TPSA) is 69.7 Å². The van der Waals surface area contributed by atoms with E-state index >= 15 is 0 Å². The summed E-state index contributed by atoms with van der Waals surface area (Å²) in [7, 11) is -3.49. The number of nitrogens with zero attached hydrogens (tertiary/aromatic N) is 2. The Labute approximate surface area is 196 Å². The largest absolute Gasteiger partial charge is 0.356 e. The minimum absolute atomic E-state index is 0.0497. The van der Waals surface area contributed by atoms with E-state index in [1.54, 1.807) is 18.2 Å². The molecule has 1 N–H and O–H groups in total. The summed E-state index contributed by atoms with van der Waals surface area (Å²) < 4.78 is 27.0. The van der Waals surface area contributed by atoms with E-state index in [1.165, 1.54) is 43.1 Å². The van der Waals surface area contributed by atoms with Crippen LogP contribution < -0.4 is 5.32 Å². The van der Waals surface area contributed by atoms with Crippen molar-refractivity contribution in [1.29, 1.82) is 0 Å². The maximum Gasteiger partial charge on any atom is 0.223 e. The van der Waals surface area contributed by atoms with E-state index in [2.05, 4.69) is 10.2 Å². The minimum atomic E-state index is -3.49. The van der Waals surface area contributed by atoms with Crippen LogP contribution in [0.1, 0.15) is 50.5 Å². The van der Waals surface area contributed by atoms with Crippen molar-refractivity contribution >= 4 is 39.1 Å². The van der Waals surface area contributed by atoms with Crippen LogP contribution in [0.4, 0.5) is 0 Å². The van der Waals surface area contributed by atoms with Gasteiger partial charge in [0.05, 0.1) is 5.75 Å². The molecule has 0 aromatic heterocycles. The van der Waals surface area contributed by atoms with Gasteiger partial charge in [0, 0.05) is 35.6 Å². The standard InChI is InChI=1S/C22H33Cl2N3O3S/c23-20-7-6-19(21(24)16-20)17-31(29,30)27-14-8-18(9-15-27)22(28)25-10-5-13-26-11-3-1-2-4-12-26/h6-7,16,18H,1-5,8-15,17H2,(H,25,28). The second-order valence-electron chi connectivity index (χ2n) is 8.57. The van der Waals surface area contributed by atoms with Crippen molar-refractivity contribution in [3.8, 4) is 0 Å². The van der Waals surface area contributed by atoms with Crippen LogP contribution in [-0.4, -0.2) is 62.8 Å². The van der Waals surface area contributed by atoms with E-state index in [1.807, 2.05) is 0 Å². The van der Waals surface area contributed by atoms with Crippen molar-refractivity contribution in [2.75, 3.05) is 39.3 Å². The Morgan fingerprint density at radius 2 is 1.71 bits per heavy atom. The summed E-state index contributed by atoms with van der Waals surface area (Å²) in [6.45, 7) is 4.77. The number of amides is 1. The van der Waals surface area contributed by atoms with E-state index in [0.717, 1.165) is 13.0 Å². The molecule has 0 bridgehead atoms. The van der Waals surface area contributed by atoms with Gasteiger partial charge in [-0.25, -0.2) is 12.7 Å². The van der Waals surface area contributed by atoms with E-state index in [9.17, 15) is 13.2 Å². The van der Waals surface area contributed by atoms with E-state index < -0.39 is 10.0 Å². The maximum atomic E-state index is 12.8. The number of piperidine rings is 1. The van der Waals surface area contributed by atoms with Gasteiger partial charge in [-0.3, -0.25) is 4.79 Å². The predicted molar refractivity (Wildman–Crippen MR) is 126 cm³/mol. The molecule has 1 amide bonds. The molecule has 2 saturated heterocycles. The average molecular weight is 490 g/mol. The lowest BCUT2D eigenvalue weighted by Gasteiger charge is -2.30. The zero-order chi connectivity index (χ0) is 22.3. The zero-order valence-corrected chi connectivity index (χ0v) is 20.3. The van der Waals surface area contributed by atoms with Gasteiger partial charge in [0.1, 0.15) is 0 Å². The molecule has 6 nitrogen and oxygen atoms in total. The highest BCUT2D eigenvalue weighted by Gasteiger charge is 2.31. The highest BCUT2D eigenvalue weighted by molar-refractivity contribution is 7.88. The maximum absolute atomic E-state index is 12.8. The molecule has 174 valence electrons. The molecule has 31 heavy (non-hydrogen) atoms. The molecule has 1 aromatic carbocycles. The second-order valence-corrected chi connectivity index (χ2v) is 11.4. The Bertz CT molecular complexity index is 834. The molecule has 2 fully saturated rings. The summed E-state index contributed by atoms with van der Waals surface area (Å²) in [4.78, 5) is 15.0. The van der Waals surface area contributed by atoms with Gasteiger partial charge in [-0.05, 0) is 69.4 Å². The van der Waals surface area contributed by atoms with Crippen LogP contribution in [0, 0.1) is 5.92 Å². The lowest BCUT2D eigenvalue weighted by atomic mass is 9.97. The number of carbonyl (C=O) groups excluding carboxylic acids is 1. The fourth-order valence-electron chi connectivity index (χ4n) is 4.34. The highest BCUT2D eigenvalue weighted by Crippen LogP contribution is 2.26. The van der Waals surface area contributed by atoms with Gasteiger partial charge in [0.25, 0.3) is 0 Å². The van der Waals surface area contributed by atoms with E-state index in [4.69, 9.17) is 23.2 Å². The lowest BCUT2D eigenvalue weighted by Crippen LogP contribution is -2.43. The summed E-state index contributed by atoms with van der Waals surface area (Å²) in [5.41, 5.74) is 0.537. The molecule has 2 aliphatic rings. The number of halogens is 2. The summed E-state index contributed by atoms with van der Waals surface area (Å²) in [5.74, 6) is -0.228. The zero-order valence-electron chi connectivity index (χ0n) is 18.0. The number of likely N-dealkylation sites (tertiary alicyclic amines) is 1. The first-order chi connectivity index (χ1) is 14.8. The average Bonchev–Trinajstić information content (AvgIpc) is 3.02. The molecule has 3 rings (SSSR count). The van der Waals surface area contributed by atoms with Gasteiger partial charge in [-0.15, -0.1) is 0 Å². The smallest absolute Gasteiger partial charge is 0.223 e. The predicted octanol–water partition coefficient (Wildman–Crippen LogP) is 3.92. The molecule has 0 spiro atoms. The molecule has 2 heterocycles. The molecule has 0 radical (unpaired) electrons. The van der Waals surface area contributed by atoms with Crippen LogP contribution >= 0.6 is 23.2 Å². The van der Waals surface area contributed by atoms with Crippen molar-refractivity contribution < 1.29 is 13.2 Å². The molecule has 0 saturated carbocycles. The fraction of sp³-hybridized carbons (Fsp3) is 0.682. The number of hydrogen-bond donors (Lipinski definition) is 1. The van der Waals surface area contributed by atoms with Crippen LogP contribution in [0.5, 0.6) is 0 Å². The van der Waals surface area contributed by atoms with Gasteiger partial charge in [-0.1, -0.05) is 42.1 Å². The first-order valence-electron chi connectivity index (χ1n) is 11.3. The Kier molecular flexibility index (Phi) is 9.47. The Hall–Kier alpha value is -0.860.